The molecule has 3 aromatic carbocycles. The second-order valence-corrected chi connectivity index (χ2v) is 11.4. The van der Waals surface area contributed by atoms with E-state index >= 15 is 0 Å². The van der Waals surface area contributed by atoms with Crippen molar-refractivity contribution in [2.75, 3.05) is 11.1 Å². The van der Waals surface area contributed by atoms with Crippen molar-refractivity contribution < 1.29 is 9.59 Å². The van der Waals surface area contributed by atoms with Crippen molar-refractivity contribution in [3.05, 3.63) is 93.2 Å². The van der Waals surface area contributed by atoms with Gasteiger partial charge in [0.1, 0.15) is 0 Å². The van der Waals surface area contributed by atoms with Gasteiger partial charge in [-0.25, -0.2) is 4.98 Å². The molecule has 0 bridgehead atoms. The molecular formula is C31H32ClN3O3S. The first-order chi connectivity index (χ1) is 18.7. The highest BCUT2D eigenvalue weighted by atomic mass is 35.5. The van der Waals surface area contributed by atoms with E-state index in [1.54, 1.807) is 47.0 Å². The molecule has 0 aliphatic heterocycles. The van der Waals surface area contributed by atoms with Gasteiger partial charge >= 0.3 is 0 Å². The molecule has 4 rings (SSSR count). The maximum atomic E-state index is 13.6. The zero-order valence-corrected chi connectivity index (χ0v) is 24.1. The van der Waals surface area contributed by atoms with Crippen LogP contribution >= 0.6 is 23.4 Å². The Morgan fingerprint density at radius 1 is 1.00 bits per heavy atom. The van der Waals surface area contributed by atoms with Crippen LogP contribution in [-0.4, -0.2) is 27.0 Å². The summed E-state index contributed by atoms with van der Waals surface area (Å²) >= 11 is 7.39. The summed E-state index contributed by atoms with van der Waals surface area (Å²) in [5.41, 5.74) is 3.31. The number of ketones is 1. The minimum Gasteiger partial charge on any atom is -0.326 e. The molecule has 202 valence electrons. The molecule has 0 radical (unpaired) electrons. The zero-order valence-electron chi connectivity index (χ0n) is 22.5. The Morgan fingerprint density at radius 3 is 2.33 bits per heavy atom. The van der Waals surface area contributed by atoms with Crippen molar-refractivity contribution >= 4 is 51.6 Å². The Balaban J connectivity index is 1.60. The van der Waals surface area contributed by atoms with Crippen LogP contribution in [0, 0.1) is 5.92 Å². The topological polar surface area (TPSA) is 81.1 Å². The van der Waals surface area contributed by atoms with E-state index in [4.69, 9.17) is 16.6 Å². The van der Waals surface area contributed by atoms with Gasteiger partial charge in [0, 0.05) is 22.7 Å². The van der Waals surface area contributed by atoms with Crippen LogP contribution in [0.3, 0.4) is 0 Å². The lowest BCUT2D eigenvalue weighted by atomic mass is 9.98. The second-order valence-electron chi connectivity index (χ2n) is 10.0. The number of fused-ring (bicyclic) bond motifs is 1. The number of carbonyl (C=O) groups excluding carboxylic acids is 2. The molecule has 39 heavy (non-hydrogen) atoms. The van der Waals surface area contributed by atoms with E-state index in [0.29, 0.717) is 50.4 Å². The van der Waals surface area contributed by atoms with Crippen LogP contribution < -0.4 is 10.9 Å². The van der Waals surface area contributed by atoms with E-state index in [1.807, 2.05) is 38.1 Å². The van der Waals surface area contributed by atoms with E-state index in [-0.39, 0.29) is 28.9 Å². The normalized spacial score (nSPS) is 12.1. The minimum absolute atomic E-state index is 0.0581. The average Bonchev–Trinajstić information content (AvgIpc) is 2.91. The fraction of sp³-hybridized carbons (Fsp3) is 0.290. The highest BCUT2D eigenvalue weighted by Gasteiger charge is 2.17. The van der Waals surface area contributed by atoms with Crippen molar-refractivity contribution in [1.29, 1.82) is 0 Å². The highest BCUT2D eigenvalue weighted by Crippen LogP contribution is 2.26. The Kier molecular flexibility index (Phi) is 9.25. The van der Waals surface area contributed by atoms with E-state index in [2.05, 4.69) is 19.2 Å². The van der Waals surface area contributed by atoms with Gasteiger partial charge < -0.3 is 5.32 Å². The second kappa shape index (κ2) is 12.6. The van der Waals surface area contributed by atoms with Gasteiger partial charge in [0.25, 0.3) is 5.56 Å². The van der Waals surface area contributed by atoms with E-state index in [0.717, 1.165) is 6.42 Å². The van der Waals surface area contributed by atoms with Crippen molar-refractivity contribution in [2.45, 2.75) is 51.6 Å². The molecule has 1 N–H and O–H groups in total. The van der Waals surface area contributed by atoms with Crippen LogP contribution in [0.4, 0.5) is 5.69 Å². The lowest BCUT2D eigenvalue weighted by Gasteiger charge is -2.15. The number of benzene rings is 3. The van der Waals surface area contributed by atoms with Crippen LogP contribution in [0.25, 0.3) is 16.6 Å². The van der Waals surface area contributed by atoms with E-state index in [9.17, 15) is 14.4 Å². The molecule has 6 nitrogen and oxygen atoms in total. The van der Waals surface area contributed by atoms with Crippen LogP contribution in [0.5, 0.6) is 0 Å². The van der Waals surface area contributed by atoms with Crippen LogP contribution in [0.2, 0.25) is 5.02 Å². The number of rotatable bonds is 10. The molecule has 4 aromatic rings. The summed E-state index contributed by atoms with van der Waals surface area (Å²) in [6, 6.07) is 19.8. The van der Waals surface area contributed by atoms with Gasteiger partial charge in [0.2, 0.25) is 5.91 Å². The minimum atomic E-state index is -0.218. The summed E-state index contributed by atoms with van der Waals surface area (Å²) in [6.45, 7) is 8.28. The Hall–Kier alpha value is -3.42. The molecule has 0 saturated heterocycles. The molecular weight excluding hydrogens is 530 g/mol. The summed E-state index contributed by atoms with van der Waals surface area (Å²) in [5, 5.41) is 4.20. The summed E-state index contributed by atoms with van der Waals surface area (Å²) in [7, 11) is 0. The SMILES string of the molecule is CC[C@@H](C)c1ccc(-n2c(SCC(=O)c3ccc(NC(=O)CC(C)C)cc3)nc3cc(Cl)ccc3c2=O)cc1. The molecule has 8 heteroatoms. The molecule has 1 amide bonds. The number of hydrogen-bond acceptors (Lipinski definition) is 5. The number of nitrogens with zero attached hydrogens (tertiary/aromatic N) is 2. The summed E-state index contributed by atoms with van der Waals surface area (Å²) in [4.78, 5) is 43.4. The predicted molar refractivity (Wildman–Crippen MR) is 161 cm³/mol. The summed E-state index contributed by atoms with van der Waals surface area (Å²) < 4.78 is 1.56. The Morgan fingerprint density at radius 2 is 1.69 bits per heavy atom. The van der Waals surface area contributed by atoms with Gasteiger partial charge in [-0.2, -0.15) is 0 Å². The number of nitrogens with one attached hydrogen (secondary N) is 1. The third-order valence-electron chi connectivity index (χ3n) is 6.55. The van der Waals surface area contributed by atoms with Gasteiger partial charge in [0.15, 0.2) is 10.9 Å². The number of halogens is 1. The predicted octanol–water partition coefficient (Wildman–Crippen LogP) is 7.51. The Labute approximate surface area is 237 Å². The third-order valence-corrected chi connectivity index (χ3v) is 7.72. The fourth-order valence-electron chi connectivity index (χ4n) is 4.19. The average molecular weight is 562 g/mol. The molecule has 0 spiro atoms. The first-order valence-electron chi connectivity index (χ1n) is 13.0. The third kappa shape index (κ3) is 6.97. The van der Waals surface area contributed by atoms with Crippen molar-refractivity contribution in [1.82, 2.24) is 9.55 Å². The Bertz CT molecular complexity index is 1550. The van der Waals surface area contributed by atoms with Crippen LogP contribution in [-0.2, 0) is 4.79 Å². The largest absolute Gasteiger partial charge is 0.326 e. The number of thioether (sulfide) groups is 1. The first kappa shape index (κ1) is 28.6. The molecule has 0 saturated carbocycles. The van der Waals surface area contributed by atoms with Gasteiger partial charge in [-0.1, -0.05) is 63.2 Å². The van der Waals surface area contributed by atoms with Crippen LogP contribution in [0.1, 0.15) is 62.4 Å². The van der Waals surface area contributed by atoms with Crippen molar-refractivity contribution in [2.24, 2.45) is 5.92 Å². The standard InChI is InChI=1S/C31H32ClN3O3S/c1-5-20(4)21-8-13-25(14-9-21)35-30(38)26-15-10-23(32)17-27(26)34-31(35)39-18-28(36)22-6-11-24(12-7-22)33-29(37)16-19(2)3/h6-15,17,19-20H,5,16,18H2,1-4H3,(H,33,37)/t20-/m1/s1. The molecule has 0 aliphatic carbocycles. The fourth-order valence-corrected chi connectivity index (χ4v) is 5.26. The van der Waals surface area contributed by atoms with Crippen LogP contribution in [0.15, 0.2) is 76.7 Å². The maximum Gasteiger partial charge on any atom is 0.266 e. The number of hydrogen-bond donors (Lipinski definition) is 1. The number of anilines is 1. The molecule has 0 unspecified atom stereocenters. The summed E-state index contributed by atoms with van der Waals surface area (Å²) in [6.07, 6.45) is 1.45. The number of amides is 1. The first-order valence-corrected chi connectivity index (χ1v) is 14.4. The smallest absolute Gasteiger partial charge is 0.266 e. The van der Waals surface area contributed by atoms with Gasteiger partial charge in [-0.05, 0) is 78.4 Å². The number of Topliss-reactive ketones (excluding diaryl/α,β-unsaturated/α-hetero) is 1. The maximum absolute atomic E-state index is 13.6. The van der Waals surface area contributed by atoms with Gasteiger partial charge in [-0.3, -0.25) is 19.0 Å². The molecule has 0 aliphatic rings. The number of aromatic nitrogens is 2. The molecule has 0 fully saturated rings. The van der Waals surface area contributed by atoms with E-state index in [1.165, 1.54) is 17.3 Å². The van der Waals surface area contributed by atoms with E-state index < -0.39 is 0 Å². The lowest BCUT2D eigenvalue weighted by Crippen LogP contribution is -2.22. The molecule has 1 heterocycles. The highest BCUT2D eigenvalue weighted by molar-refractivity contribution is 7.99. The lowest BCUT2D eigenvalue weighted by molar-refractivity contribution is -0.116. The van der Waals surface area contributed by atoms with Crippen molar-refractivity contribution in [3.8, 4) is 5.69 Å². The quantitative estimate of drug-likeness (QED) is 0.123. The van der Waals surface area contributed by atoms with Gasteiger partial charge in [0.05, 0.1) is 22.3 Å². The number of carbonyl (C=O) groups is 2. The van der Waals surface area contributed by atoms with Gasteiger partial charge in [-0.15, -0.1) is 0 Å². The molecule has 1 aromatic heterocycles. The summed E-state index contributed by atoms with van der Waals surface area (Å²) in [5.74, 6) is 0.589. The molecule has 1 atom stereocenters. The zero-order chi connectivity index (χ0) is 28.1. The monoisotopic (exact) mass is 561 g/mol. The van der Waals surface area contributed by atoms with Crippen molar-refractivity contribution in [3.63, 3.8) is 0 Å².